The standard InChI is InChI=1S/C25H30N4O4.C20H22N4O2/c1-25(2,3)33-24(31)29-20-7-6-19(32-4)13-18(20)14-21(29)17-5-8-22(27-15-17)28-11-9-16(10-12-28)23(26)30;1-26-16-3-4-17-15(10-16)11-18(23-17)14-2-5-19(22-12-14)24-8-6-13(7-9-24)20(21)25/h5-8,13-16H,9-12H2,1-4H3,(H2,26,30);2-5,10-13,23H,6-9H2,1H3,(H2,21,25). The molecule has 8 rings (SSSR count). The van der Waals surface area contributed by atoms with Crippen molar-refractivity contribution >= 4 is 51.3 Å². The summed E-state index contributed by atoms with van der Waals surface area (Å²) in [6.45, 7) is 8.62. The summed E-state index contributed by atoms with van der Waals surface area (Å²) in [6.07, 6.45) is 6.25. The van der Waals surface area contributed by atoms with Gasteiger partial charge in [-0.2, -0.15) is 0 Å². The number of methoxy groups -OCH3 is 2. The van der Waals surface area contributed by atoms with Crippen molar-refractivity contribution in [2.75, 3.05) is 50.2 Å². The average molecular weight is 801 g/mol. The second-order valence-electron chi connectivity index (χ2n) is 16.0. The molecule has 14 heteroatoms. The number of nitrogens with zero attached hydrogens (tertiary/aromatic N) is 5. The Kier molecular flexibility index (Phi) is 11.8. The first kappa shape index (κ1) is 40.6. The lowest BCUT2D eigenvalue weighted by atomic mass is 9.96. The van der Waals surface area contributed by atoms with Crippen LogP contribution in [0.25, 0.3) is 44.3 Å². The minimum Gasteiger partial charge on any atom is -0.497 e. The number of hydrogen-bond donors (Lipinski definition) is 3. The third-order valence-electron chi connectivity index (χ3n) is 11.0. The molecule has 0 bridgehead atoms. The number of carbonyl (C=O) groups is 3. The van der Waals surface area contributed by atoms with E-state index < -0.39 is 11.7 Å². The van der Waals surface area contributed by atoms with E-state index in [1.54, 1.807) is 25.0 Å². The summed E-state index contributed by atoms with van der Waals surface area (Å²) in [6, 6.07) is 23.6. The number of amides is 2. The minimum atomic E-state index is -0.628. The smallest absolute Gasteiger partial charge is 0.419 e. The van der Waals surface area contributed by atoms with Gasteiger partial charge in [-0.3, -0.25) is 9.59 Å². The summed E-state index contributed by atoms with van der Waals surface area (Å²) in [7, 11) is 3.28. The highest BCUT2D eigenvalue weighted by Crippen LogP contribution is 2.33. The predicted octanol–water partition coefficient (Wildman–Crippen LogP) is 7.14. The van der Waals surface area contributed by atoms with Gasteiger partial charge in [0.2, 0.25) is 11.8 Å². The zero-order chi connectivity index (χ0) is 41.8. The summed E-state index contributed by atoms with van der Waals surface area (Å²) in [5, 5.41) is 1.98. The van der Waals surface area contributed by atoms with Crippen molar-refractivity contribution in [2.45, 2.75) is 52.1 Å². The average Bonchev–Trinajstić information content (AvgIpc) is 3.85. The predicted molar refractivity (Wildman–Crippen MR) is 230 cm³/mol. The van der Waals surface area contributed by atoms with Gasteiger partial charge in [-0.25, -0.2) is 19.3 Å². The van der Waals surface area contributed by atoms with Crippen molar-refractivity contribution in [3.63, 3.8) is 0 Å². The summed E-state index contributed by atoms with van der Waals surface area (Å²) in [5.41, 5.74) is 15.6. The van der Waals surface area contributed by atoms with Crippen LogP contribution in [0, 0.1) is 11.8 Å². The Morgan fingerprint density at radius 2 is 1.20 bits per heavy atom. The van der Waals surface area contributed by atoms with Gasteiger partial charge >= 0.3 is 6.09 Å². The minimum absolute atomic E-state index is 0.00568. The molecule has 14 nitrogen and oxygen atoms in total. The molecular formula is C45H52N8O6. The van der Waals surface area contributed by atoms with Gasteiger partial charge in [0.15, 0.2) is 0 Å². The van der Waals surface area contributed by atoms with Crippen molar-refractivity contribution in [1.29, 1.82) is 0 Å². The highest BCUT2D eigenvalue weighted by Gasteiger charge is 2.26. The number of H-pyrrole nitrogens is 1. The topological polar surface area (TPSA) is 184 Å². The Bertz CT molecular complexity index is 2440. The maximum atomic E-state index is 13.1. The van der Waals surface area contributed by atoms with Crippen LogP contribution in [0.5, 0.6) is 11.5 Å². The van der Waals surface area contributed by atoms with E-state index >= 15 is 0 Å². The molecule has 2 saturated heterocycles. The Morgan fingerprint density at radius 3 is 1.69 bits per heavy atom. The largest absolute Gasteiger partial charge is 0.497 e. The first-order valence-electron chi connectivity index (χ1n) is 19.9. The van der Waals surface area contributed by atoms with Crippen LogP contribution in [0.1, 0.15) is 46.5 Å². The van der Waals surface area contributed by atoms with Gasteiger partial charge in [0.25, 0.3) is 0 Å². The normalized spacial score (nSPS) is 15.1. The van der Waals surface area contributed by atoms with Crippen LogP contribution >= 0.6 is 0 Å². The molecule has 0 atom stereocenters. The summed E-state index contributed by atoms with van der Waals surface area (Å²) in [5.74, 6) is 2.83. The zero-order valence-electron chi connectivity index (χ0n) is 34.2. The van der Waals surface area contributed by atoms with Gasteiger partial charge in [-0.1, -0.05) is 0 Å². The molecule has 0 spiro atoms. The van der Waals surface area contributed by atoms with Gasteiger partial charge in [0, 0.05) is 83.5 Å². The van der Waals surface area contributed by atoms with Crippen molar-refractivity contribution < 1.29 is 28.6 Å². The van der Waals surface area contributed by atoms with Gasteiger partial charge in [0.05, 0.1) is 25.4 Å². The number of anilines is 2. The Balaban J connectivity index is 0.000000184. The molecule has 2 aliphatic heterocycles. The van der Waals surface area contributed by atoms with E-state index in [9.17, 15) is 14.4 Å². The number of carbonyl (C=O) groups excluding carboxylic acids is 3. The van der Waals surface area contributed by atoms with Crippen LogP contribution in [0.2, 0.25) is 0 Å². The number of ether oxygens (including phenoxy) is 3. The fourth-order valence-electron chi connectivity index (χ4n) is 7.67. The number of aromatic nitrogens is 4. The zero-order valence-corrected chi connectivity index (χ0v) is 34.2. The first-order chi connectivity index (χ1) is 28.3. The molecule has 6 aromatic rings. The second kappa shape index (κ2) is 17.1. The molecule has 5 N–H and O–H groups in total. The van der Waals surface area contributed by atoms with Crippen LogP contribution < -0.4 is 30.7 Å². The van der Waals surface area contributed by atoms with Crippen molar-refractivity contribution in [1.82, 2.24) is 19.5 Å². The number of nitrogens with one attached hydrogen (secondary N) is 1. The van der Waals surface area contributed by atoms with E-state index in [2.05, 4.69) is 36.9 Å². The van der Waals surface area contributed by atoms with Crippen molar-refractivity contribution in [3.05, 3.63) is 85.2 Å². The van der Waals surface area contributed by atoms with Crippen LogP contribution in [0.4, 0.5) is 16.4 Å². The van der Waals surface area contributed by atoms with Gasteiger partial charge in [-0.15, -0.1) is 0 Å². The van der Waals surface area contributed by atoms with E-state index in [1.807, 2.05) is 87.6 Å². The van der Waals surface area contributed by atoms with Crippen LogP contribution in [0.15, 0.2) is 85.2 Å². The van der Waals surface area contributed by atoms with Crippen LogP contribution in [-0.2, 0) is 14.3 Å². The van der Waals surface area contributed by atoms with E-state index in [1.165, 1.54) is 0 Å². The Labute approximate surface area is 343 Å². The number of aromatic amines is 1. The molecule has 0 saturated carbocycles. The van der Waals surface area contributed by atoms with E-state index in [0.29, 0.717) is 11.4 Å². The van der Waals surface area contributed by atoms with Gasteiger partial charge in [0.1, 0.15) is 28.7 Å². The molecule has 0 radical (unpaired) electrons. The number of hydrogen-bond acceptors (Lipinski definition) is 10. The van der Waals surface area contributed by atoms with Gasteiger partial charge in [-0.05, 0) is 119 Å². The summed E-state index contributed by atoms with van der Waals surface area (Å²) >= 11 is 0. The molecule has 2 fully saturated rings. The van der Waals surface area contributed by atoms with Crippen LogP contribution in [-0.4, -0.2) is 83.4 Å². The maximum absolute atomic E-state index is 13.1. The van der Waals surface area contributed by atoms with E-state index in [0.717, 1.165) is 108 Å². The number of rotatable bonds is 8. The summed E-state index contributed by atoms with van der Waals surface area (Å²) < 4.78 is 17.9. The Morgan fingerprint density at radius 1 is 0.678 bits per heavy atom. The molecule has 2 aromatic carbocycles. The number of piperidine rings is 2. The number of primary amides is 2. The molecule has 0 unspecified atom stereocenters. The van der Waals surface area contributed by atoms with Crippen LogP contribution in [0.3, 0.4) is 0 Å². The molecule has 2 amide bonds. The maximum Gasteiger partial charge on any atom is 0.419 e. The number of benzene rings is 2. The molecule has 6 heterocycles. The van der Waals surface area contributed by atoms with Gasteiger partial charge < -0.3 is 40.5 Å². The molecule has 2 aliphatic rings. The lowest BCUT2D eigenvalue weighted by Crippen LogP contribution is -2.38. The number of pyridine rings is 2. The summed E-state index contributed by atoms with van der Waals surface area (Å²) in [4.78, 5) is 52.9. The number of nitrogens with two attached hydrogens (primary N) is 2. The number of fused-ring (bicyclic) bond motifs is 2. The highest BCUT2D eigenvalue weighted by atomic mass is 16.6. The molecule has 59 heavy (non-hydrogen) atoms. The molecule has 0 aliphatic carbocycles. The SMILES string of the molecule is COc1ccc2[nH]c(-c3ccc(N4CCC(C(N)=O)CC4)nc3)cc2c1.COc1ccc2c(c1)cc(-c1ccc(N3CCC(C(N)=O)CC3)nc1)n2C(=O)OC(C)(C)C. The lowest BCUT2D eigenvalue weighted by molar-refractivity contribution is -0.123. The lowest BCUT2D eigenvalue weighted by Gasteiger charge is -2.31. The highest BCUT2D eigenvalue weighted by molar-refractivity contribution is 5.97. The first-order valence-corrected chi connectivity index (χ1v) is 19.9. The van der Waals surface area contributed by atoms with E-state index in [-0.39, 0.29) is 23.7 Å². The Hall–Kier alpha value is -6.57. The molecule has 308 valence electrons. The third-order valence-corrected chi connectivity index (χ3v) is 11.0. The monoisotopic (exact) mass is 800 g/mol. The quantitative estimate of drug-likeness (QED) is 0.143. The van der Waals surface area contributed by atoms with E-state index in [4.69, 9.17) is 25.7 Å². The van der Waals surface area contributed by atoms with Crippen molar-refractivity contribution in [3.8, 4) is 34.0 Å². The molecule has 4 aromatic heterocycles. The second-order valence-corrected chi connectivity index (χ2v) is 16.0. The fraction of sp³-hybridized carbons (Fsp3) is 0.356. The van der Waals surface area contributed by atoms with Crippen molar-refractivity contribution in [2.24, 2.45) is 23.3 Å². The molecular weight excluding hydrogens is 749 g/mol. The third kappa shape index (κ3) is 9.27. The fourth-order valence-corrected chi connectivity index (χ4v) is 7.67.